The van der Waals surface area contributed by atoms with Crippen LogP contribution in [0, 0.1) is 5.82 Å². The van der Waals surface area contributed by atoms with Gasteiger partial charge in [-0.1, -0.05) is 6.07 Å². The Bertz CT molecular complexity index is 443. The van der Waals surface area contributed by atoms with Crippen LogP contribution in [-0.4, -0.2) is 42.0 Å². The zero-order valence-electron chi connectivity index (χ0n) is 11.3. The maximum Gasteiger partial charge on any atom is 0.146 e. The zero-order chi connectivity index (χ0) is 13.2. The maximum atomic E-state index is 13.4. The van der Waals surface area contributed by atoms with Crippen LogP contribution < -0.4 is 5.73 Å². The summed E-state index contributed by atoms with van der Waals surface area (Å²) < 4.78 is 13.4. The van der Waals surface area contributed by atoms with Gasteiger partial charge in [0.25, 0.3) is 0 Å². The molecule has 0 aliphatic carbocycles. The standard InChI is InChI=1S/C15H22FN3/c16-14-9-12(3-4-15(14)17)10-18-8-5-13(11-18)19-6-1-2-7-19/h3-4,9,13H,1-2,5-8,10-11,17H2. The first kappa shape index (κ1) is 12.9. The molecular weight excluding hydrogens is 241 g/mol. The van der Waals surface area contributed by atoms with Crippen LogP contribution >= 0.6 is 0 Å². The summed E-state index contributed by atoms with van der Waals surface area (Å²) in [6.07, 6.45) is 3.94. The number of hydrogen-bond acceptors (Lipinski definition) is 3. The van der Waals surface area contributed by atoms with Gasteiger partial charge in [0.1, 0.15) is 5.82 Å². The highest BCUT2D eigenvalue weighted by Gasteiger charge is 2.29. The van der Waals surface area contributed by atoms with Crippen LogP contribution in [0.2, 0.25) is 0 Å². The van der Waals surface area contributed by atoms with Crippen LogP contribution in [0.5, 0.6) is 0 Å². The van der Waals surface area contributed by atoms with E-state index in [0.29, 0.717) is 6.04 Å². The van der Waals surface area contributed by atoms with Crippen LogP contribution in [0.15, 0.2) is 18.2 Å². The zero-order valence-corrected chi connectivity index (χ0v) is 11.3. The van der Waals surface area contributed by atoms with E-state index in [1.165, 1.54) is 32.4 Å². The van der Waals surface area contributed by atoms with Gasteiger partial charge in [0.15, 0.2) is 0 Å². The Morgan fingerprint density at radius 1 is 1.21 bits per heavy atom. The molecule has 3 nitrogen and oxygen atoms in total. The fourth-order valence-electron chi connectivity index (χ4n) is 3.29. The number of nitrogens with zero attached hydrogens (tertiary/aromatic N) is 2. The fourth-order valence-corrected chi connectivity index (χ4v) is 3.29. The van der Waals surface area contributed by atoms with E-state index in [9.17, 15) is 4.39 Å². The maximum absolute atomic E-state index is 13.4. The number of nitrogens with two attached hydrogens (primary N) is 1. The average Bonchev–Trinajstić information content (AvgIpc) is 3.04. The van der Waals surface area contributed by atoms with E-state index in [-0.39, 0.29) is 11.5 Å². The topological polar surface area (TPSA) is 32.5 Å². The van der Waals surface area contributed by atoms with Crippen molar-refractivity contribution in [2.24, 2.45) is 0 Å². The molecule has 3 rings (SSSR count). The third-order valence-corrected chi connectivity index (χ3v) is 4.38. The number of nitrogen functional groups attached to an aromatic ring is 1. The summed E-state index contributed by atoms with van der Waals surface area (Å²) in [6, 6.07) is 5.87. The fraction of sp³-hybridized carbons (Fsp3) is 0.600. The Morgan fingerprint density at radius 3 is 2.74 bits per heavy atom. The Kier molecular flexibility index (Phi) is 3.71. The summed E-state index contributed by atoms with van der Waals surface area (Å²) in [6.45, 7) is 5.59. The molecule has 2 fully saturated rings. The van der Waals surface area contributed by atoms with Gasteiger partial charge in [-0.15, -0.1) is 0 Å². The highest BCUT2D eigenvalue weighted by molar-refractivity contribution is 5.41. The van der Waals surface area contributed by atoms with E-state index in [0.717, 1.165) is 25.2 Å². The quantitative estimate of drug-likeness (QED) is 0.847. The number of halogens is 1. The summed E-state index contributed by atoms with van der Waals surface area (Å²) in [4.78, 5) is 5.04. The summed E-state index contributed by atoms with van der Waals surface area (Å²) in [5.74, 6) is -0.298. The SMILES string of the molecule is Nc1ccc(CN2CCC(N3CCCC3)C2)cc1F. The van der Waals surface area contributed by atoms with E-state index in [1.807, 2.05) is 6.07 Å². The van der Waals surface area contributed by atoms with Crippen molar-refractivity contribution in [1.82, 2.24) is 9.80 Å². The predicted octanol–water partition coefficient (Wildman–Crippen LogP) is 2.08. The summed E-state index contributed by atoms with van der Waals surface area (Å²) in [7, 11) is 0. The van der Waals surface area contributed by atoms with E-state index >= 15 is 0 Å². The van der Waals surface area contributed by atoms with Crippen LogP contribution in [0.1, 0.15) is 24.8 Å². The van der Waals surface area contributed by atoms with Gasteiger partial charge in [-0.3, -0.25) is 9.80 Å². The molecule has 1 atom stereocenters. The summed E-state index contributed by atoms with van der Waals surface area (Å²) >= 11 is 0. The molecule has 2 saturated heterocycles. The van der Waals surface area contributed by atoms with Gasteiger partial charge in [-0.25, -0.2) is 4.39 Å². The van der Waals surface area contributed by atoms with E-state index in [1.54, 1.807) is 12.1 Å². The second kappa shape index (κ2) is 5.47. The number of likely N-dealkylation sites (tertiary alicyclic amines) is 2. The van der Waals surface area contributed by atoms with Crippen molar-refractivity contribution in [3.63, 3.8) is 0 Å². The molecule has 2 N–H and O–H groups in total. The molecule has 2 aliphatic heterocycles. The first-order valence-corrected chi connectivity index (χ1v) is 7.23. The van der Waals surface area contributed by atoms with Crippen LogP contribution in [0.3, 0.4) is 0 Å². The summed E-state index contributed by atoms with van der Waals surface area (Å²) in [5, 5.41) is 0. The molecular formula is C15H22FN3. The summed E-state index contributed by atoms with van der Waals surface area (Å²) in [5.41, 5.74) is 6.76. The molecule has 0 bridgehead atoms. The lowest BCUT2D eigenvalue weighted by Gasteiger charge is -2.23. The Morgan fingerprint density at radius 2 is 2.00 bits per heavy atom. The average molecular weight is 263 g/mol. The van der Waals surface area contributed by atoms with Crippen molar-refractivity contribution in [3.05, 3.63) is 29.6 Å². The molecule has 0 saturated carbocycles. The van der Waals surface area contributed by atoms with Gasteiger partial charge < -0.3 is 5.73 Å². The van der Waals surface area contributed by atoms with Gasteiger partial charge in [-0.05, 0) is 50.0 Å². The molecule has 0 amide bonds. The van der Waals surface area contributed by atoms with Crippen molar-refractivity contribution in [2.45, 2.75) is 31.8 Å². The monoisotopic (exact) mass is 263 g/mol. The molecule has 0 aromatic heterocycles. The largest absolute Gasteiger partial charge is 0.396 e. The molecule has 2 aliphatic rings. The number of hydrogen-bond donors (Lipinski definition) is 1. The lowest BCUT2D eigenvalue weighted by molar-refractivity contribution is 0.230. The second-order valence-electron chi connectivity index (χ2n) is 5.78. The Balaban J connectivity index is 1.57. The molecule has 2 heterocycles. The molecule has 1 aromatic carbocycles. The van der Waals surface area contributed by atoms with Gasteiger partial charge in [0, 0.05) is 25.7 Å². The van der Waals surface area contributed by atoms with Crippen molar-refractivity contribution >= 4 is 5.69 Å². The first-order valence-electron chi connectivity index (χ1n) is 7.23. The minimum absolute atomic E-state index is 0.236. The smallest absolute Gasteiger partial charge is 0.146 e. The molecule has 104 valence electrons. The minimum Gasteiger partial charge on any atom is -0.396 e. The van der Waals surface area contributed by atoms with Crippen LogP contribution in [0.25, 0.3) is 0 Å². The molecule has 1 unspecified atom stereocenters. The van der Waals surface area contributed by atoms with E-state index in [4.69, 9.17) is 5.73 Å². The first-order chi connectivity index (χ1) is 9.22. The van der Waals surface area contributed by atoms with Crippen molar-refractivity contribution in [3.8, 4) is 0 Å². The molecule has 1 aromatic rings. The van der Waals surface area contributed by atoms with Crippen molar-refractivity contribution in [1.29, 1.82) is 0 Å². The Hall–Kier alpha value is -1.13. The predicted molar refractivity (Wildman–Crippen MR) is 75.3 cm³/mol. The highest BCUT2D eigenvalue weighted by atomic mass is 19.1. The second-order valence-corrected chi connectivity index (χ2v) is 5.78. The lowest BCUT2D eigenvalue weighted by Crippen LogP contribution is -2.35. The van der Waals surface area contributed by atoms with E-state index in [2.05, 4.69) is 9.80 Å². The lowest BCUT2D eigenvalue weighted by atomic mass is 10.2. The van der Waals surface area contributed by atoms with Crippen LogP contribution in [-0.2, 0) is 6.54 Å². The van der Waals surface area contributed by atoms with Crippen LogP contribution in [0.4, 0.5) is 10.1 Å². The number of rotatable bonds is 3. The minimum atomic E-state index is -0.298. The molecule has 19 heavy (non-hydrogen) atoms. The normalized spacial score (nSPS) is 25.2. The van der Waals surface area contributed by atoms with Gasteiger partial charge in [-0.2, -0.15) is 0 Å². The number of benzene rings is 1. The Labute approximate surface area is 114 Å². The van der Waals surface area contributed by atoms with E-state index < -0.39 is 0 Å². The number of anilines is 1. The van der Waals surface area contributed by atoms with Crippen molar-refractivity contribution in [2.75, 3.05) is 31.9 Å². The highest BCUT2D eigenvalue weighted by Crippen LogP contribution is 2.22. The third kappa shape index (κ3) is 2.90. The molecule has 0 spiro atoms. The third-order valence-electron chi connectivity index (χ3n) is 4.38. The molecule has 4 heteroatoms. The van der Waals surface area contributed by atoms with Gasteiger partial charge in [0.05, 0.1) is 5.69 Å². The van der Waals surface area contributed by atoms with Gasteiger partial charge in [0.2, 0.25) is 0 Å². The van der Waals surface area contributed by atoms with Crippen molar-refractivity contribution < 1.29 is 4.39 Å². The molecule has 0 radical (unpaired) electrons. The van der Waals surface area contributed by atoms with Gasteiger partial charge >= 0.3 is 0 Å².